The number of rotatable bonds is 6. The van der Waals surface area contributed by atoms with Crippen molar-refractivity contribution in [3.63, 3.8) is 0 Å². The standard InChI is InChI=1S/C26H20N4O4/c1-17-10-12-19(13-11-17)34-25-20(26(32)30-14-6-5-9-23(30)29-25)15-18(16-27)24(31)28-21-7-3-4-8-22(21)33-2/h3-15H,1-2H3,(H,28,31). The SMILES string of the molecule is COc1ccccc1NC(=O)C(C#N)=Cc1c(Oc2ccc(C)cc2)nc2ccccn2c1=O. The van der Waals surface area contributed by atoms with E-state index in [-0.39, 0.29) is 17.0 Å². The molecule has 34 heavy (non-hydrogen) atoms. The average Bonchev–Trinajstić information content (AvgIpc) is 2.85. The summed E-state index contributed by atoms with van der Waals surface area (Å²) in [5.41, 5.74) is 0.985. The number of benzene rings is 2. The Morgan fingerprint density at radius 2 is 1.82 bits per heavy atom. The van der Waals surface area contributed by atoms with Crippen LogP contribution < -0.4 is 20.3 Å². The van der Waals surface area contributed by atoms with Crippen LogP contribution in [0.2, 0.25) is 0 Å². The molecule has 0 aliphatic carbocycles. The maximum atomic E-state index is 13.3. The summed E-state index contributed by atoms with van der Waals surface area (Å²) < 4.78 is 12.5. The average molecular weight is 452 g/mol. The topological polar surface area (TPSA) is 106 Å². The third-order valence-corrected chi connectivity index (χ3v) is 4.98. The van der Waals surface area contributed by atoms with E-state index in [1.54, 1.807) is 60.8 Å². The van der Waals surface area contributed by atoms with Gasteiger partial charge in [-0.25, -0.2) is 0 Å². The molecule has 4 aromatic rings. The molecule has 2 aromatic heterocycles. The van der Waals surface area contributed by atoms with Crippen LogP contribution in [-0.4, -0.2) is 22.4 Å². The Kier molecular flexibility index (Phi) is 6.37. The molecule has 0 radical (unpaired) electrons. The van der Waals surface area contributed by atoms with Gasteiger partial charge in [0.2, 0.25) is 5.88 Å². The van der Waals surface area contributed by atoms with Crippen LogP contribution in [0.1, 0.15) is 11.1 Å². The molecular weight excluding hydrogens is 432 g/mol. The second-order valence-electron chi connectivity index (χ2n) is 7.30. The van der Waals surface area contributed by atoms with Crippen molar-refractivity contribution < 1.29 is 14.3 Å². The Bertz CT molecular complexity index is 1500. The van der Waals surface area contributed by atoms with E-state index in [0.29, 0.717) is 22.8 Å². The van der Waals surface area contributed by atoms with Gasteiger partial charge in [-0.1, -0.05) is 35.9 Å². The summed E-state index contributed by atoms with van der Waals surface area (Å²) in [6.45, 7) is 1.94. The summed E-state index contributed by atoms with van der Waals surface area (Å²) in [7, 11) is 1.47. The van der Waals surface area contributed by atoms with Gasteiger partial charge in [0.15, 0.2) is 0 Å². The summed E-state index contributed by atoms with van der Waals surface area (Å²) in [6.07, 6.45) is 2.74. The van der Waals surface area contributed by atoms with E-state index >= 15 is 0 Å². The van der Waals surface area contributed by atoms with Crippen molar-refractivity contribution in [1.29, 1.82) is 5.26 Å². The molecule has 2 heterocycles. The van der Waals surface area contributed by atoms with Gasteiger partial charge >= 0.3 is 0 Å². The first-order chi connectivity index (χ1) is 16.5. The molecule has 0 aliphatic rings. The number of hydrogen-bond donors (Lipinski definition) is 1. The molecule has 168 valence electrons. The fourth-order valence-electron chi connectivity index (χ4n) is 3.23. The zero-order valence-electron chi connectivity index (χ0n) is 18.5. The quantitative estimate of drug-likeness (QED) is 0.344. The molecule has 8 nitrogen and oxygen atoms in total. The van der Waals surface area contributed by atoms with Crippen LogP contribution in [0.5, 0.6) is 17.4 Å². The summed E-state index contributed by atoms with van der Waals surface area (Å²) in [4.78, 5) is 30.6. The van der Waals surface area contributed by atoms with Crippen molar-refractivity contribution in [2.75, 3.05) is 12.4 Å². The van der Waals surface area contributed by atoms with Crippen molar-refractivity contribution in [3.8, 4) is 23.4 Å². The second kappa shape index (κ2) is 9.71. The number of anilines is 1. The number of methoxy groups -OCH3 is 1. The molecule has 0 bridgehead atoms. The first kappa shape index (κ1) is 22.3. The van der Waals surface area contributed by atoms with Crippen molar-refractivity contribution in [2.24, 2.45) is 0 Å². The first-order valence-electron chi connectivity index (χ1n) is 10.3. The number of aryl methyl sites for hydroxylation is 1. The van der Waals surface area contributed by atoms with Gasteiger partial charge in [-0.3, -0.25) is 14.0 Å². The van der Waals surface area contributed by atoms with Gasteiger partial charge < -0.3 is 14.8 Å². The van der Waals surface area contributed by atoms with E-state index < -0.39 is 11.5 Å². The number of amides is 1. The highest BCUT2D eigenvalue weighted by molar-refractivity contribution is 6.10. The zero-order chi connectivity index (χ0) is 24.1. The number of carbonyl (C=O) groups is 1. The molecule has 2 aromatic carbocycles. The number of aromatic nitrogens is 2. The fraction of sp³-hybridized carbons (Fsp3) is 0.0769. The lowest BCUT2D eigenvalue weighted by molar-refractivity contribution is -0.112. The van der Waals surface area contributed by atoms with E-state index in [1.807, 2.05) is 25.1 Å². The van der Waals surface area contributed by atoms with Crippen molar-refractivity contribution in [3.05, 3.63) is 100.0 Å². The van der Waals surface area contributed by atoms with E-state index in [2.05, 4.69) is 10.3 Å². The first-order valence-corrected chi connectivity index (χ1v) is 10.3. The summed E-state index contributed by atoms with van der Waals surface area (Å²) >= 11 is 0. The van der Waals surface area contributed by atoms with Crippen molar-refractivity contribution in [1.82, 2.24) is 9.38 Å². The predicted molar refractivity (Wildman–Crippen MR) is 128 cm³/mol. The number of nitrogens with zero attached hydrogens (tertiary/aromatic N) is 3. The highest BCUT2D eigenvalue weighted by Gasteiger charge is 2.18. The van der Waals surface area contributed by atoms with Crippen molar-refractivity contribution in [2.45, 2.75) is 6.92 Å². The smallest absolute Gasteiger partial charge is 0.269 e. The number of para-hydroxylation sites is 2. The van der Waals surface area contributed by atoms with Crippen LogP contribution in [0.15, 0.2) is 83.3 Å². The molecule has 0 fully saturated rings. The van der Waals surface area contributed by atoms with E-state index in [1.165, 1.54) is 17.6 Å². The largest absolute Gasteiger partial charge is 0.495 e. The summed E-state index contributed by atoms with van der Waals surface area (Å²) in [5, 5.41) is 12.3. The molecule has 0 atom stereocenters. The Labute approximate surface area is 195 Å². The molecule has 0 unspecified atom stereocenters. The second-order valence-corrected chi connectivity index (χ2v) is 7.30. The summed E-state index contributed by atoms with van der Waals surface area (Å²) in [5.74, 6) is 0.178. The van der Waals surface area contributed by atoms with Crippen LogP contribution >= 0.6 is 0 Å². The van der Waals surface area contributed by atoms with Gasteiger partial charge in [0, 0.05) is 6.20 Å². The van der Waals surface area contributed by atoms with Crippen LogP contribution in [0.4, 0.5) is 5.69 Å². The molecule has 1 amide bonds. The maximum absolute atomic E-state index is 13.3. The summed E-state index contributed by atoms with van der Waals surface area (Å²) in [6, 6.07) is 21.0. The number of ether oxygens (including phenoxy) is 2. The molecule has 0 aliphatic heterocycles. The Hall–Kier alpha value is -4.90. The Morgan fingerprint density at radius 3 is 2.56 bits per heavy atom. The molecule has 1 N–H and O–H groups in total. The van der Waals surface area contributed by atoms with Gasteiger partial charge in [0.1, 0.15) is 34.4 Å². The normalized spacial score (nSPS) is 11.0. The monoisotopic (exact) mass is 452 g/mol. The van der Waals surface area contributed by atoms with E-state index in [4.69, 9.17) is 9.47 Å². The van der Waals surface area contributed by atoms with E-state index in [9.17, 15) is 14.9 Å². The molecular formula is C26H20N4O4. The third-order valence-electron chi connectivity index (χ3n) is 4.98. The third kappa shape index (κ3) is 4.64. The van der Waals surface area contributed by atoms with Gasteiger partial charge in [0.25, 0.3) is 11.5 Å². The molecule has 8 heteroatoms. The highest BCUT2D eigenvalue weighted by atomic mass is 16.5. The Balaban J connectivity index is 1.79. The number of pyridine rings is 1. The lowest BCUT2D eigenvalue weighted by atomic mass is 10.1. The lowest BCUT2D eigenvalue weighted by Gasteiger charge is -2.11. The molecule has 0 saturated carbocycles. The number of nitriles is 1. The van der Waals surface area contributed by atoms with Gasteiger partial charge in [-0.05, 0) is 49.4 Å². The zero-order valence-corrected chi connectivity index (χ0v) is 18.5. The van der Waals surface area contributed by atoms with Gasteiger partial charge in [-0.15, -0.1) is 0 Å². The van der Waals surface area contributed by atoms with Crippen molar-refractivity contribution >= 4 is 23.3 Å². The molecule has 4 rings (SSSR count). The molecule has 0 spiro atoms. The fourth-order valence-corrected chi connectivity index (χ4v) is 3.23. The Morgan fingerprint density at radius 1 is 1.09 bits per heavy atom. The molecule has 0 saturated heterocycles. The van der Waals surface area contributed by atoms with Crippen LogP contribution in [-0.2, 0) is 4.79 Å². The minimum absolute atomic E-state index is 0.0158. The van der Waals surface area contributed by atoms with Crippen LogP contribution in [0, 0.1) is 18.3 Å². The van der Waals surface area contributed by atoms with Gasteiger partial charge in [-0.2, -0.15) is 10.2 Å². The van der Waals surface area contributed by atoms with Crippen LogP contribution in [0.3, 0.4) is 0 Å². The number of hydrogen-bond acceptors (Lipinski definition) is 6. The minimum atomic E-state index is -0.703. The predicted octanol–water partition coefficient (Wildman–Crippen LogP) is 4.35. The number of carbonyl (C=O) groups excluding carboxylic acids is 1. The van der Waals surface area contributed by atoms with E-state index in [0.717, 1.165) is 5.56 Å². The minimum Gasteiger partial charge on any atom is -0.495 e. The number of nitrogens with one attached hydrogen (secondary N) is 1. The van der Waals surface area contributed by atoms with Gasteiger partial charge in [0.05, 0.1) is 12.8 Å². The lowest BCUT2D eigenvalue weighted by Crippen LogP contribution is -2.20. The number of fused-ring (bicyclic) bond motifs is 1. The van der Waals surface area contributed by atoms with Crippen LogP contribution in [0.25, 0.3) is 11.7 Å². The maximum Gasteiger partial charge on any atom is 0.269 e. The highest BCUT2D eigenvalue weighted by Crippen LogP contribution is 2.26.